The highest BCUT2D eigenvalue weighted by Gasteiger charge is 2.21. The normalized spacial score (nSPS) is 14.4. The van der Waals surface area contributed by atoms with Crippen LogP contribution in [0.5, 0.6) is 0 Å². The third kappa shape index (κ3) is 6.11. The number of nitrogens with one attached hydrogen (secondary N) is 1. The molecule has 1 saturated heterocycles. The average Bonchev–Trinajstić information content (AvgIpc) is 2.43. The number of carbonyl (C=O) groups is 4. The van der Waals surface area contributed by atoms with Crippen molar-refractivity contribution in [2.45, 2.75) is 19.3 Å². The van der Waals surface area contributed by atoms with Gasteiger partial charge in [0.15, 0.2) is 0 Å². The van der Waals surface area contributed by atoms with Gasteiger partial charge in [-0.3, -0.25) is 14.4 Å². The number of carboxylic acids is 1. The molecule has 0 unspecified atom stereocenters. The molecule has 9 nitrogen and oxygen atoms in total. The number of likely N-dealkylation sites (tertiary alicyclic amines) is 1. The first-order chi connectivity index (χ1) is 9.90. The molecule has 1 heterocycles. The molecule has 4 N–H and O–H groups in total. The maximum atomic E-state index is 11.9. The highest BCUT2D eigenvalue weighted by Crippen LogP contribution is 2.08. The molecule has 21 heavy (non-hydrogen) atoms. The van der Waals surface area contributed by atoms with E-state index in [4.69, 9.17) is 10.8 Å². The topological polar surface area (TPSA) is 133 Å². The van der Waals surface area contributed by atoms with Crippen LogP contribution in [-0.2, 0) is 14.4 Å². The Balaban J connectivity index is 2.46. The number of carboxylic acid groups (broad SMARTS) is 1. The van der Waals surface area contributed by atoms with Crippen LogP contribution in [0.15, 0.2) is 0 Å². The van der Waals surface area contributed by atoms with Crippen molar-refractivity contribution in [2.24, 2.45) is 5.73 Å². The summed E-state index contributed by atoms with van der Waals surface area (Å²) in [6.45, 7) is -0.0832. The van der Waals surface area contributed by atoms with Crippen LogP contribution in [0.2, 0.25) is 0 Å². The summed E-state index contributed by atoms with van der Waals surface area (Å²) in [4.78, 5) is 47.5. The molecular weight excluding hydrogens is 280 g/mol. The first-order valence-corrected chi connectivity index (χ1v) is 6.71. The summed E-state index contributed by atoms with van der Waals surface area (Å²) in [5, 5.41) is 11.0. The predicted molar refractivity (Wildman–Crippen MR) is 72.2 cm³/mol. The van der Waals surface area contributed by atoms with Gasteiger partial charge in [0.05, 0.1) is 6.54 Å². The van der Waals surface area contributed by atoms with E-state index in [1.165, 1.54) is 0 Å². The molecule has 0 aromatic carbocycles. The highest BCUT2D eigenvalue weighted by atomic mass is 16.4. The third-order valence-electron chi connectivity index (χ3n) is 3.06. The van der Waals surface area contributed by atoms with E-state index in [1.54, 1.807) is 4.90 Å². The Morgan fingerprint density at radius 1 is 1.10 bits per heavy atom. The standard InChI is InChI=1S/C12H20N4O5/c13-9(17)7-16(8-11(19)20)12(21)14-6-10(18)15-4-2-1-3-5-15/h1-8H2,(H2,13,17)(H,14,21)(H,19,20). The number of carbonyl (C=O) groups excluding carboxylic acids is 3. The van der Waals surface area contributed by atoms with Gasteiger partial charge in [-0.1, -0.05) is 0 Å². The van der Waals surface area contributed by atoms with E-state index in [1.807, 2.05) is 0 Å². The second kappa shape index (κ2) is 8.08. The van der Waals surface area contributed by atoms with Crippen LogP contribution in [-0.4, -0.2) is 71.4 Å². The highest BCUT2D eigenvalue weighted by molar-refractivity contribution is 5.88. The van der Waals surface area contributed by atoms with E-state index in [2.05, 4.69) is 5.32 Å². The van der Waals surface area contributed by atoms with Gasteiger partial charge in [0.1, 0.15) is 13.1 Å². The number of piperidine rings is 1. The Morgan fingerprint density at radius 2 is 1.71 bits per heavy atom. The van der Waals surface area contributed by atoms with Gasteiger partial charge in [-0.25, -0.2) is 4.79 Å². The summed E-state index contributed by atoms with van der Waals surface area (Å²) in [5.41, 5.74) is 4.95. The number of urea groups is 1. The average molecular weight is 300 g/mol. The molecule has 1 fully saturated rings. The zero-order valence-corrected chi connectivity index (χ0v) is 11.7. The van der Waals surface area contributed by atoms with E-state index in [0.29, 0.717) is 13.1 Å². The summed E-state index contributed by atoms with van der Waals surface area (Å²) in [6, 6.07) is -0.804. The predicted octanol–water partition coefficient (Wildman–Crippen LogP) is -1.42. The summed E-state index contributed by atoms with van der Waals surface area (Å²) in [7, 11) is 0. The van der Waals surface area contributed by atoms with Gasteiger partial charge < -0.3 is 26.0 Å². The molecule has 0 radical (unpaired) electrons. The summed E-state index contributed by atoms with van der Waals surface area (Å²) in [6.07, 6.45) is 2.96. The first kappa shape index (κ1) is 16.7. The summed E-state index contributed by atoms with van der Waals surface area (Å²) < 4.78 is 0. The lowest BCUT2D eigenvalue weighted by Gasteiger charge is -2.27. The number of rotatable bonds is 6. The van der Waals surface area contributed by atoms with Crippen molar-refractivity contribution < 1.29 is 24.3 Å². The van der Waals surface area contributed by atoms with Crippen LogP contribution in [0, 0.1) is 0 Å². The van der Waals surface area contributed by atoms with Gasteiger partial charge >= 0.3 is 12.0 Å². The van der Waals surface area contributed by atoms with Crippen molar-refractivity contribution >= 4 is 23.8 Å². The van der Waals surface area contributed by atoms with Crippen LogP contribution in [0.3, 0.4) is 0 Å². The minimum atomic E-state index is -1.27. The maximum Gasteiger partial charge on any atom is 0.323 e. The molecule has 0 spiro atoms. The van der Waals surface area contributed by atoms with Crippen LogP contribution in [0.1, 0.15) is 19.3 Å². The Hall–Kier alpha value is -2.32. The number of aliphatic carboxylic acids is 1. The molecule has 0 aromatic heterocycles. The molecule has 0 aliphatic carbocycles. The molecule has 0 aromatic rings. The van der Waals surface area contributed by atoms with Gasteiger partial charge in [0.25, 0.3) is 0 Å². The van der Waals surface area contributed by atoms with Crippen molar-refractivity contribution in [2.75, 3.05) is 32.7 Å². The number of amides is 4. The minimum Gasteiger partial charge on any atom is -0.480 e. The Labute approximate surface area is 122 Å². The minimum absolute atomic E-state index is 0.225. The second-order valence-corrected chi connectivity index (χ2v) is 4.82. The van der Waals surface area contributed by atoms with E-state index < -0.39 is 31.0 Å². The van der Waals surface area contributed by atoms with Gasteiger partial charge in [-0.05, 0) is 19.3 Å². The van der Waals surface area contributed by atoms with Crippen molar-refractivity contribution in [3.8, 4) is 0 Å². The molecule has 9 heteroatoms. The molecule has 0 atom stereocenters. The fraction of sp³-hybridized carbons (Fsp3) is 0.667. The number of nitrogens with zero attached hydrogens (tertiary/aromatic N) is 2. The number of hydrogen-bond donors (Lipinski definition) is 3. The van der Waals surface area contributed by atoms with E-state index >= 15 is 0 Å². The second-order valence-electron chi connectivity index (χ2n) is 4.82. The van der Waals surface area contributed by atoms with Gasteiger partial charge in [0.2, 0.25) is 11.8 Å². The summed E-state index contributed by atoms with van der Waals surface area (Å²) in [5.74, 6) is -2.32. The fourth-order valence-corrected chi connectivity index (χ4v) is 2.07. The van der Waals surface area contributed by atoms with Crippen LogP contribution < -0.4 is 11.1 Å². The monoisotopic (exact) mass is 300 g/mol. The number of hydrogen-bond acceptors (Lipinski definition) is 4. The third-order valence-corrected chi connectivity index (χ3v) is 3.06. The molecule has 0 saturated carbocycles. The molecule has 4 amide bonds. The Bertz CT molecular complexity index is 404. The fourth-order valence-electron chi connectivity index (χ4n) is 2.07. The van der Waals surface area contributed by atoms with Crippen LogP contribution in [0.4, 0.5) is 4.79 Å². The lowest BCUT2D eigenvalue weighted by atomic mass is 10.1. The molecule has 1 rings (SSSR count). The quantitative estimate of drug-likeness (QED) is 0.553. The Kier molecular flexibility index (Phi) is 6.44. The van der Waals surface area contributed by atoms with E-state index in [9.17, 15) is 19.2 Å². The summed E-state index contributed by atoms with van der Waals surface area (Å²) >= 11 is 0. The van der Waals surface area contributed by atoms with E-state index in [-0.39, 0.29) is 12.5 Å². The number of nitrogens with two attached hydrogens (primary N) is 1. The zero-order chi connectivity index (χ0) is 15.8. The van der Waals surface area contributed by atoms with Gasteiger partial charge in [-0.2, -0.15) is 0 Å². The first-order valence-electron chi connectivity index (χ1n) is 6.71. The van der Waals surface area contributed by atoms with Gasteiger partial charge in [0, 0.05) is 13.1 Å². The lowest BCUT2D eigenvalue weighted by Crippen LogP contribution is -2.49. The largest absolute Gasteiger partial charge is 0.480 e. The molecule has 118 valence electrons. The maximum absolute atomic E-state index is 11.9. The van der Waals surface area contributed by atoms with Crippen molar-refractivity contribution in [3.05, 3.63) is 0 Å². The van der Waals surface area contributed by atoms with Crippen molar-refractivity contribution in [1.29, 1.82) is 0 Å². The van der Waals surface area contributed by atoms with Crippen LogP contribution in [0.25, 0.3) is 0 Å². The molecule has 0 bridgehead atoms. The zero-order valence-electron chi connectivity index (χ0n) is 11.7. The number of primary amides is 1. The lowest BCUT2D eigenvalue weighted by molar-refractivity contribution is -0.137. The SMILES string of the molecule is NC(=O)CN(CC(=O)O)C(=O)NCC(=O)N1CCCCC1. The van der Waals surface area contributed by atoms with Crippen molar-refractivity contribution in [3.63, 3.8) is 0 Å². The van der Waals surface area contributed by atoms with Crippen molar-refractivity contribution in [1.82, 2.24) is 15.1 Å². The Morgan fingerprint density at radius 3 is 2.24 bits per heavy atom. The molecular formula is C12H20N4O5. The molecule has 1 aliphatic heterocycles. The smallest absolute Gasteiger partial charge is 0.323 e. The van der Waals surface area contributed by atoms with E-state index in [0.717, 1.165) is 24.2 Å². The van der Waals surface area contributed by atoms with Crippen LogP contribution >= 0.6 is 0 Å². The molecule has 1 aliphatic rings. The van der Waals surface area contributed by atoms with Gasteiger partial charge in [-0.15, -0.1) is 0 Å².